The first-order chi connectivity index (χ1) is 14.3. The van der Waals surface area contributed by atoms with Gasteiger partial charge in [-0.1, -0.05) is 6.92 Å². The Kier molecular flexibility index (Phi) is 5.29. The Morgan fingerprint density at radius 1 is 1.17 bits per heavy atom. The number of carbonyl (C=O) groups excluding carboxylic acids is 3. The molecule has 0 saturated carbocycles. The van der Waals surface area contributed by atoms with Crippen LogP contribution in [0.4, 0.5) is 10.5 Å². The van der Waals surface area contributed by atoms with Gasteiger partial charge in [0.25, 0.3) is 5.91 Å². The highest BCUT2D eigenvalue weighted by atomic mass is 16.5. The number of hydrogen-bond donors (Lipinski definition) is 1. The van der Waals surface area contributed by atoms with Gasteiger partial charge in [0, 0.05) is 25.8 Å². The Bertz CT molecular complexity index is 846. The van der Waals surface area contributed by atoms with E-state index in [0.717, 1.165) is 22.9 Å². The SMILES string of the molecule is COC(=O)CN1C(=O)C2C(NC3N(c4ccc(OC)cc4)CC(C)CN23)N(C)C1=O. The summed E-state index contributed by atoms with van der Waals surface area (Å²) in [5.74, 6) is 0.0616. The van der Waals surface area contributed by atoms with Crippen LogP contribution in [0.25, 0.3) is 0 Å². The van der Waals surface area contributed by atoms with E-state index in [4.69, 9.17) is 4.74 Å². The summed E-state index contributed by atoms with van der Waals surface area (Å²) in [4.78, 5) is 44.5. The summed E-state index contributed by atoms with van der Waals surface area (Å²) in [6.07, 6.45) is -0.725. The molecule has 3 aliphatic heterocycles. The van der Waals surface area contributed by atoms with E-state index < -0.39 is 30.8 Å². The highest BCUT2D eigenvalue weighted by Gasteiger charge is 2.57. The van der Waals surface area contributed by atoms with E-state index in [9.17, 15) is 14.4 Å². The molecule has 1 N–H and O–H groups in total. The Morgan fingerprint density at radius 2 is 1.87 bits per heavy atom. The van der Waals surface area contributed by atoms with E-state index in [1.807, 2.05) is 24.3 Å². The molecule has 4 rings (SSSR count). The molecular formula is C20H27N5O5. The van der Waals surface area contributed by atoms with Crippen LogP contribution in [0.1, 0.15) is 6.92 Å². The maximum Gasteiger partial charge on any atom is 0.328 e. The second-order valence-electron chi connectivity index (χ2n) is 7.98. The molecule has 3 aliphatic rings. The third-order valence-corrected chi connectivity index (χ3v) is 6.00. The molecule has 0 radical (unpaired) electrons. The maximum absolute atomic E-state index is 13.3. The predicted octanol–water partition coefficient (Wildman–Crippen LogP) is 0.102. The number of urea groups is 1. The van der Waals surface area contributed by atoms with Gasteiger partial charge in [-0.2, -0.15) is 0 Å². The van der Waals surface area contributed by atoms with Gasteiger partial charge in [0.05, 0.1) is 14.2 Å². The number of imide groups is 1. The van der Waals surface area contributed by atoms with Gasteiger partial charge in [0.15, 0.2) is 0 Å². The second-order valence-corrected chi connectivity index (χ2v) is 7.98. The first kappa shape index (κ1) is 20.4. The zero-order valence-electron chi connectivity index (χ0n) is 17.6. The maximum atomic E-state index is 13.3. The van der Waals surface area contributed by atoms with Crippen molar-refractivity contribution in [3.63, 3.8) is 0 Å². The molecule has 3 amide bonds. The quantitative estimate of drug-likeness (QED) is 0.690. The number of fused-ring (bicyclic) bond motifs is 3. The van der Waals surface area contributed by atoms with E-state index >= 15 is 0 Å². The smallest absolute Gasteiger partial charge is 0.328 e. The fourth-order valence-electron chi connectivity index (χ4n) is 4.53. The number of likely N-dealkylation sites (N-methyl/N-ethyl adjacent to an activating group) is 1. The lowest BCUT2D eigenvalue weighted by atomic mass is 10.0. The first-order valence-electron chi connectivity index (χ1n) is 9.93. The largest absolute Gasteiger partial charge is 0.497 e. The molecular weight excluding hydrogens is 390 g/mol. The summed E-state index contributed by atoms with van der Waals surface area (Å²) in [5, 5.41) is 3.45. The normalized spacial score (nSPS) is 29.0. The number of nitrogens with one attached hydrogen (secondary N) is 1. The minimum Gasteiger partial charge on any atom is -0.497 e. The third-order valence-electron chi connectivity index (χ3n) is 6.00. The number of anilines is 1. The lowest BCUT2D eigenvalue weighted by molar-refractivity contribution is -0.149. The number of nitrogens with zero attached hydrogens (tertiary/aromatic N) is 4. The van der Waals surface area contributed by atoms with Crippen LogP contribution in [0.3, 0.4) is 0 Å². The van der Waals surface area contributed by atoms with Gasteiger partial charge in [-0.25, -0.2) is 4.79 Å². The van der Waals surface area contributed by atoms with E-state index in [2.05, 4.69) is 26.8 Å². The third kappa shape index (κ3) is 3.25. The predicted molar refractivity (Wildman–Crippen MR) is 108 cm³/mol. The molecule has 10 heteroatoms. The molecule has 0 aliphatic carbocycles. The minimum absolute atomic E-state index is 0.248. The summed E-state index contributed by atoms with van der Waals surface area (Å²) in [6, 6.07) is 6.69. The Labute approximate surface area is 175 Å². The molecule has 0 spiro atoms. The molecule has 0 bridgehead atoms. The topological polar surface area (TPSA) is 94.7 Å². The van der Waals surface area contributed by atoms with Crippen LogP contribution < -0.4 is 15.0 Å². The lowest BCUT2D eigenvalue weighted by Gasteiger charge is -2.45. The molecule has 10 nitrogen and oxygen atoms in total. The van der Waals surface area contributed by atoms with E-state index in [1.54, 1.807) is 14.2 Å². The lowest BCUT2D eigenvalue weighted by Crippen LogP contribution is -2.67. The van der Waals surface area contributed by atoms with E-state index in [0.29, 0.717) is 12.5 Å². The van der Waals surface area contributed by atoms with Gasteiger partial charge < -0.3 is 19.3 Å². The van der Waals surface area contributed by atoms with Crippen LogP contribution >= 0.6 is 0 Å². The summed E-state index contributed by atoms with van der Waals surface area (Å²) in [6.45, 7) is 3.25. The number of rotatable bonds is 4. The summed E-state index contributed by atoms with van der Waals surface area (Å²) in [5.41, 5.74) is 0.997. The molecule has 3 saturated heterocycles. The highest BCUT2D eigenvalue weighted by Crippen LogP contribution is 2.34. The number of esters is 1. The van der Waals surface area contributed by atoms with Crippen molar-refractivity contribution in [1.82, 2.24) is 20.0 Å². The fraction of sp³-hybridized carbons (Fsp3) is 0.550. The molecule has 4 unspecified atom stereocenters. The van der Waals surface area contributed by atoms with Crippen molar-refractivity contribution in [1.29, 1.82) is 0 Å². The molecule has 1 aromatic rings. The van der Waals surface area contributed by atoms with E-state index in [-0.39, 0.29) is 12.2 Å². The van der Waals surface area contributed by atoms with Crippen LogP contribution in [-0.2, 0) is 14.3 Å². The summed E-state index contributed by atoms with van der Waals surface area (Å²) < 4.78 is 9.92. The van der Waals surface area contributed by atoms with Gasteiger partial charge in [0.2, 0.25) is 0 Å². The van der Waals surface area contributed by atoms with Gasteiger partial charge in [-0.05, 0) is 30.2 Å². The molecule has 1 aromatic carbocycles. The zero-order valence-corrected chi connectivity index (χ0v) is 17.6. The number of ether oxygens (including phenoxy) is 2. The summed E-state index contributed by atoms with van der Waals surface area (Å²) >= 11 is 0. The first-order valence-corrected chi connectivity index (χ1v) is 9.93. The van der Waals surface area contributed by atoms with Crippen molar-refractivity contribution >= 4 is 23.6 Å². The number of amides is 3. The molecule has 3 fully saturated rings. The van der Waals surface area contributed by atoms with Gasteiger partial charge >= 0.3 is 12.0 Å². The van der Waals surface area contributed by atoms with Gasteiger partial charge in [0.1, 0.15) is 30.8 Å². The summed E-state index contributed by atoms with van der Waals surface area (Å²) in [7, 11) is 4.50. The van der Waals surface area contributed by atoms with Crippen molar-refractivity contribution < 1.29 is 23.9 Å². The van der Waals surface area contributed by atoms with Crippen LogP contribution in [0.5, 0.6) is 5.75 Å². The van der Waals surface area contributed by atoms with Crippen LogP contribution in [0.15, 0.2) is 24.3 Å². The average Bonchev–Trinajstić information content (AvgIpc) is 3.14. The van der Waals surface area contributed by atoms with Gasteiger partial charge in [-0.15, -0.1) is 0 Å². The van der Waals surface area contributed by atoms with Gasteiger partial charge in [-0.3, -0.25) is 24.7 Å². The average molecular weight is 417 g/mol. The minimum atomic E-state index is -0.627. The molecule has 0 aromatic heterocycles. The number of carbonyl (C=O) groups is 3. The molecule has 30 heavy (non-hydrogen) atoms. The number of benzene rings is 1. The zero-order chi connectivity index (χ0) is 21.6. The van der Waals surface area contributed by atoms with Crippen molar-refractivity contribution in [3.05, 3.63) is 24.3 Å². The molecule has 4 atom stereocenters. The number of methoxy groups -OCH3 is 2. The Balaban J connectivity index is 1.64. The van der Waals surface area contributed by atoms with Crippen LogP contribution in [0, 0.1) is 5.92 Å². The highest BCUT2D eigenvalue weighted by molar-refractivity contribution is 6.02. The number of hydrogen-bond acceptors (Lipinski definition) is 8. The van der Waals surface area contributed by atoms with Crippen LogP contribution in [-0.4, -0.2) is 92.0 Å². The molecule has 3 heterocycles. The molecule has 162 valence electrons. The van der Waals surface area contributed by atoms with Crippen molar-refractivity contribution in [3.8, 4) is 5.75 Å². The Hall–Kier alpha value is -2.85. The standard InChI is InChI=1S/C20H27N5O5/c1-12-9-23(13-5-7-14(29-3)8-6-13)19-21-17-16(24(19)10-12)18(27)25(11-15(26)30-4)20(28)22(17)2/h5-8,12,16-17,19,21H,9-11H2,1-4H3. The van der Waals surface area contributed by atoms with Crippen LogP contribution in [0.2, 0.25) is 0 Å². The monoisotopic (exact) mass is 417 g/mol. The van der Waals surface area contributed by atoms with Crippen molar-refractivity contribution in [2.24, 2.45) is 5.92 Å². The second kappa shape index (κ2) is 7.77. The Morgan fingerprint density at radius 3 is 2.50 bits per heavy atom. The van der Waals surface area contributed by atoms with Crippen molar-refractivity contribution in [2.45, 2.75) is 25.4 Å². The van der Waals surface area contributed by atoms with E-state index in [1.165, 1.54) is 12.0 Å². The fourth-order valence-corrected chi connectivity index (χ4v) is 4.53. The van der Waals surface area contributed by atoms with Crippen molar-refractivity contribution in [2.75, 3.05) is 45.8 Å².